The van der Waals surface area contributed by atoms with Gasteiger partial charge in [-0.2, -0.15) is 0 Å². The highest BCUT2D eigenvalue weighted by Crippen LogP contribution is 2.08. The van der Waals surface area contributed by atoms with Crippen molar-refractivity contribution < 1.29 is 10.3 Å². The maximum absolute atomic E-state index is 8.36. The predicted octanol–water partition coefficient (Wildman–Crippen LogP) is 1.58. The largest absolute Gasteiger partial charge is 0.328 e. The van der Waals surface area contributed by atoms with Crippen LogP contribution in [0.5, 0.6) is 0 Å². The molecule has 0 saturated carbocycles. The van der Waals surface area contributed by atoms with Crippen LogP contribution in [-0.2, 0) is 6.42 Å². The van der Waals surface area contributed by atoms with E-state index < -0.39 is 5.09 Å². The highest BCUT2D eigenvalue weighted by atomic mass is 16.9. The Morgan fingerprint density at radius 1 is 1.47 bits per heavy atom. The molecule has 0 unspecified atom stereocenters. The molecule has 0 heterocycles. The number of aryl methyl sites for hydroxylation is 1. The Kier molecular flexibility index (Phi) is 6.65. The first-order valence-electron chi connectivity index (χ1n) is 4.49. The van der Waals surface area contributed by atoms with Crippen LogP contribution in [0.3, 0.4) is 0 Å². The van der Waals surface area contributed by atoms with Gasteiger partial charge in [0.1, 0.15) is 0 Å². The fourth-order valence-electron chi connectivity index (χ4n) is 1.06. The third-order valence-electron chi connectivity index (χ3n) is 1.66. The zero-order chi connectivity index (χ0) is 11.7. The number of hydrogen-bond donors (Lipinski definition) is 3. The first-order valence-corrected chi connectivity index (χ1v) is 4.49. The molecule has 0 radical (unpaired) electrons. The molecule has 0 bridgehead atoms. The summed E-state index contributed by atoms with van der Waals surface area (Å²) in [5.41, 5.74) is 4.93. The fraction of sp³-hybridized carbons (Fsp3) is 0.333. The van der Waals surface area contributed by atoms with Gasteiger partial charge in [-0.05, 0) is 24.1 Å². The lowest BCUT2D eigenvalue weighted by molar-refractivity contribution is -0.742. The van der Waals surface area contributed by atoms with Crippen LogP contribution in [-0.4, -0.2) is 10.3 Å². The van der Waals surface area contributed by atoms with Crippen LogP contribution in [0.2, 0.25) is 0 Å². The first kappa shape index (κ1) is 13.2. The predicted molar refractivity (Wildman–Crippen MR) is 57.0 cm³/mol. The standard InChI is InChI=1S/C9H14N2.HNO3/c1-2-3-8-4-6-9(11-10)7-5-8;2-1(3)4/h4-7,11H,2-3,10H2,1H3;(H,2,3,4). The summed E-state index contributed by atoms with van der Waals surface area (Å²) in [6, 6.07) is 8.17. The van der Waals surface area contributed by atoms with E-state index in [1.54, 1.807) is 0 Å². The number of hydrazine groups is 1. The monoisotopic (exact) mass is 213 g/mol. The van der Waals surface area contributed by atoms with Crippen LogP contribution in [0.25, 0.3) is 0 Å². The number of nitrogen functional groups attached to an aromatic ring is 1. The Morgan fingerprint density at radius 3 is 2.27 bits per heavy atom. The highest BCUT2D eigenvalue weighted by molar-refractivity contribution is 5.43. The number of hydrogen-bond acceptors (Lipinski definition) is 4. The number of anilines is 1. The van der Waals surface area contributed by atoms with E-state index in [9.17, 15) is 0 Å². The molecular formula is C9H15N3O3. The van der Waals surface area contributed by atoms with Gasteiger partial charge in [0.05, 0.1) is 0 Å². The normalized spacial score (nSPS) is 8.67. The van der Waals surface area contributed by atoms with E-state index in [1.807, 2.05) is 12.1 Å². The van der Waals surface area contributed by atoms with E-state index in [0.29, 0.717) is 0 Å². The molecule has 0 fully saturated rings. The van der Waals surface area contributed by atoms with Gasteiger partial charge in [0.2, 0.25) is 0 Å². The molecule has 1 aromatic carbocycles. The molecule has 1 aromatic rings. The van der Waals surface area contributed by atoms with E-state index in [1.165, 1.54) is 12.0 Å². The Hall–Kier alpha value is -1.82. The van der Waals surface area contributed by atoms with Gasteiger partial charge in [0.25, 0.3) is 5.09 Å². The van der Waals surface area contributed by atoms with Crippen molar-refractivity contribution in [1.29, 1.82) is 0 Å². The molecular weight excluding hydrogens is 198 g/mol. The lowest BCUT2D eigenvalue weighted by Crippen LogP contribution is -2.06. The molecule has 0 aliphatic heterocycles. The van der Waals surface area contributed by atoms with Gasteiger partial charge in [0, 0.05) is 5.69 Å². The van der Waals surface area contributed by atoms with Crippen molar-refractivity contribution in [2.75, 3.05) is 5.43 Å². The highest BCUT2D eigenvalue weighted by Gasteiger charge is 1.90. The summed E-state index contributed by atoms with van der Waals surface area (Å²) in [6.07, 6.45) is 2.33. The SMILES string of the molecule is CCCc1ccc(NN)cc1.O=[N+]([O-])O. The van der Waals surface area contributed by atoms with Gasteiger partial charge in [-0.15, -0.1) is 10.1 Å². The van der Waals surface area contributed by atoms with Gasteiger partial charge >= 0.3 is 0 Å². The Morgan fingerprint density at radius 2 is 1.93 bits per heavy atom. The van der Waals surface area contributed by atoms with Gasteiger partial charge in [-0.1, -0.05) is 25.5 Å². The average Bonchev–Trinajstić information content (AvgIpc) is 2.19. The summed E-state index contributed by atoms with van der Waals surface area (Å²) in [5.74, 6) is 5.22. The van der Waals surface area contributed by atoms with E-state index >= 15 is 0 Å². The average molecular weight is 213 g/mol. The Balaban J connectivity index is 0.000000423. The van der Waals surface area contributed by atoms with Crippen LogP contribution in [0, 0.1) is 10.1 Å². The summed E-state index contributed by atoms with van der Waals surface area (Å²) < 4.78 is 0. The molecule has 0 spiro atoms. The minimum Gasteiger partial charge on any atom is -0.328 e. The topological polar surface area (TPSA) is 101 Å². The number of rotatable bonds is 3. The van der Waals surface area contributed by atoms with Crippen molar-refractivity contribution in [1.82, 2.24) is 0 Å². The second-order valence-corrected chi connectivity index (χ2v) is 2.83. The summed E-state index contributed by atoms with van der Waals surface area (Å²) in [7, 11) is 0. The maximum atomic E-state index is 8.36. The van der Waals surface area contributed by atoms with Crippen molar-refractivity contribution in [2.45, 2.75) is 19.8 Å². The number of benzene rings is 1. The fourth-order valence-corrected chi connectivity index (χ4v) is 1.06. The molecule has 84 valence electrons. The Bertz CT molecular complexity index is 283. The van der Waals surface area contributed by atoms with Gasteiger partial charge in [-0.3, -0.25) is 5.84 Å². The minimum absolute atomic E-state index is 0.963. The third kappa shape index (κ3) is 7.27. The molecule has 0 aliphatic carbocycles. The molecule has 1 rings (SSSR count). The summed E-state index contributed by atoms with van der Waals surface area (Å²) in [6.45, 7) is 2.18. The van der Waals surface area contributed by atoms with Crippen LogP contribution in [0.15, 0.2) is 24.3 Å². The number of nitrogens with two attached hydrogens (primary N) is 1. The maximum Gasteiger partial charge on any atom is 0.291 e. The zero-order valence-electron chi connectivity index (χ0n) is 8.51. The quantitative estimate of drug-likeness (QED) is 0.402. The molecule has 4 N–H and O–H groups in total. The molecule has 0 atom stereocenters. The molecule has 0 aliphatic rings. The van der Waals surface area contributed by atoms with E-state index in [2.05, 4.69) is 24.5 Å². The summed E-state index contributed by atoms with van der Waals surface area (Å²) in [5, 5.41) is 13.6. The van der Waals surface area contributed by atoms with E-state index in [-0.39, 0.29) is 0 Å². The number of nitrogens with one attached hydrogen (secondary N) is 1. The molecule has 6 nitrogen and oxygen atoms in total. The third-order valence-corrected chi connectivity index (χ3v) is 1.66. The van der Waals surface area contributed by atoms with Crippen LogP contribution in [0.4, 0.5) is 5.69 Å². The second kappa shape index (κ2) is 7.57. The van der Waals surface area contributed by atoms with Crippen LogP contribution < -0.4 is 11.3 Å². The van der Waals surface area contributed by atoms with E-state index in [0.717, 1.165) is 12.1 Å². The molecule has 0 aromatic heterocycles. The summed E-state index contributed by atoms with van der Waals surface area (Å²) in [4.78, 5) is 8.36. The molecule has 0 amide bonds. The van der Waals surface area contributed by atoms with Gasteiger partial charge in [0.15, 0.2) is 0 Å². The second-order valence-electron chi connectivity index (χ2n) is 2.83. The smallest absolute Gasteiger partial charge is 0.291 e. The number of nitrogens with zero attached hydrogens (tertiary/aromatic N) is 1. The molecule has 6 heteroatoms. The van der Waals surface area contributed by atoms with Crippen LogP contribution in [0.1, 0.15) is 18.9 Å². The van der Waals surface area contributed by atoms with Crippen molar-refractivity contribution >= 4 is 5.69 Å². The van der Waals surface area contributed by atoms with Crippen LogP contribution >= 0.6 is 0 Å². The van der Waals surface area contributed by atoms with Crippen molar-refractivity contribution in [3.05, 3.63) is 39.9 Å². The lowest BCUT2D eigenvalue weighted by atomic mass is 10.1. The molecule has 15 heavy (non-hydrogen) atoms. The summed E-state index contributed by atoms with van der Waals surface area (Å²) >= 11 is 0. The Labute approximate surface area is 87.8 Å². The minimum atomic E-state index is -1.50. The van der Waals surface area contributed by atoms with Crippen molar-refractivity contribution in [3.8, 4) is 0 Å². The van der Waals surface area contributed by atoms with Crippen molar-refractivity contribution in [3.63, 3.8) is 0 Å². The van der Waals surface area contributed by atoms with Gasteiger partial charge in [-0.25, -0.2) is 0 Å². The van der Waals surface area contributed by atoms with Gasteiger partial charge < -0.3 is 10.6 Å². The van der Waals surface area contributed by atoms with E-state index in [4.69, 9.17) is 21.2 Å². The first-order chi connectivity index (χ1) is 7.10. The van der Waals surface area contributed by atoms with Crippen molar-refractivity contribution in [2.24, 2.45) is 5.84 Å². The lowest BCUT2D eigenvalue weighted by Gasteiger charge is -2.00. The zero-order valence-corrected chi connectivity index (χ0v) is 8.51. The molecule has 0 saturated heterocycles.